The number of hydroxylamine groups is 1. The number of aliphatic hydroxyl groups is 1. The molecule has 1 amide bonds. The summed E-state index contributed by atoms with van der Waals surface area (Å²) in [6, 6.07) is 0. The Hall–Kier alpha value is -1.13. The fraction of sp³-hybridized carbons (Fsp3) is 0.800. The second-order valence-electron chi connectivity index (χ2n) is 9.83. The number of allylic oxidation sites excluding steroid dienone is 3. The maximum atomic E-state index is 11.5. The highest BCUT2D eigenvalue weighted by Gasteiger charge is 2.48. The molecule has 164 valence electrons. The number of hydrogen-bond acceptors (Lipinski definition) is 3. The summed E-state index contributed by atoms with van der Waals surface area (Å²) in [7, 11) is 1.48. The number of aliphatic hydroxyl groups excluding tert-OH is 1. The molecule has 0 spiro atoms. The van der Waals surface area contributed by atoms with Crippen molar-refractivity contribution in [2.24, 2.45) is 17.3 Å². The van der Waals surface area contributed by atoms with Crippen molar-refractivity contribution in [3.63, 3.8) is 0 Å². The zero-order valence-corrected chi connectivity index (χ0v) is 18.5. The molecule has 3 aliphatic carbocycles. The molecule has 29 heavy (non-hydrogen) atoms. The number of fused-ring (bicyclic) bond motifs is 1. The minimum absolute atomic E-state index is 0.0120. The Balaban J connectivity index is 1.51. The van der Waals surface area contributed by atoms with Gasteiger partial charge in [0.1, 0.15) is 0 Å². The Bertz CT molecular complexity index is 611. The molecular weight excluding hydrogens is 362 g/mol. The Kier molecular flexibility index (Phi) is 8.37. The van der Waals surface area contributed by atoms with Crippen molar-refractivity contribution >= 4 is 5.91 Å². The van der Waals surface area contributed by atoms with Gasteiger partial charge in [-0.15, -0.1) is 0 Å². The van der Waals surface area contributed by atoms with Crippen LogP contribution in [0.4, 0.5) is 0 Å². The van der Waals surface area contributed by atoms with Gasteiger partial charge < -0.3 is 5.11 Å². The van der Waals surface area contributed by atoms with E-state index < -0.39 is 0 Å². The molecule has 4 unspecified atom stereocenters. The molecule has 4 heteroatoms. The molecule has 0 aromatic heterocycles. The van der Waals surface area contributed by atoms with Crippen molar-refractivity contribution in [1.29, 1.82) is 0 Å². The van der Waals surface area contributed by atoms with Crippen molar-refractivity contribution < 1.29 is 14.7 Å². The van der Waals surface area contributed by atoms with E-state index >= 15 is 0 Å². The van der Waals surface area contributed by atoms with E-state index in [4.69, 9.17) is 0 Å². The number of rotatable bonds is 8. The van der Waals surface area contributed by atoms with Gasteiger partial charge in [-0.1, -0.05) is 43.1 Å². The molecule has 0 heterocycles. The average Bonchev–Trinajstić information content (AvgIpc) is 3.03. The smallest absolute Gasteiger partial charge is 0.243 e. The largest absolute Gasteiger partial charge is 0.393 e. The van der Waals surface area contributed by atoms with Crippen LogP contribution in [0.5, 0.6) is 0 Å². The SMILES string of the molecule is CONC(=O)CCCCCC1CCC2/C(=C/C=C3/CCCC(O)C3)CCCC12C. The second-order valence-corrected chi connectivity index (χ2v) is 9.83. The van der Waals surface area contributed by atoms with Crippen molar-refractivity contribution in [3.8, 4) is 0 Å². The predicted octanol–water partition coefficient (Wildman–Crippen LogP) is 5.62. The number of unbranched alkanes of at least 4 members (excludes halogenated alkanes) is 2. The van der Waals surface area contributed by atoms with Crippen molar-refractivity contribution in [1.82, 2.24) is 5.48 Å². The minimum atomic E-state index is -0.124. The highest BCUT2D eigenvalue weighted by molar-refractivity contribution is 5.74. The van der Waals surface area contributed by atoms with Crippen LogP contribution < -0.4 is 5.48 Å². The van der Waals surface area contributed by atoms with E-state index in [1.54, 1.807) is 5.57 Å². The topological polar surface area (TPSA) is 58.6 Å². The summed E-state index contributed by atoms with van der Waals surface area (Å²) < 4.78 is 0. The van der Waals surface area contributed by atoms with E-state index in [2.05, 4.69) is 29.4 Å². The normalized spacial score (nSPS) is 35.1. The van der Waals surface area contributed by atoms with Crippen LogP contribution in [0.15, 0.2) is 23.3 Å². The van der Waals surface area contributed by atoms with Gasteiger partial charge in [-0.3, -0.25) is 9.63 Å². The first-order valence-electron chi connectivity index (χ1n) is 11.9. The van der Waals surface area contributed by atoms with E-state index in [0.717, 1.165) is 50.4 Å². The highest BCUT2D eigenvalue weighted by atomic mass is 16.6. The monoisotopic (exact) mass is 403 g/mol. The van der Waals surface area contributed by atoms with Crippen molar-refractivity contribution in [2.45, 2.75) is 103 Å². The molecule has 4 nitrogen and oxygen atoms in total. The van der Waals surface area contributed by atoms with E-state index in [1.165, 1.54) is 57.6 Å². The van der Waals surface area contributed by atoms with Crippen LogP contribution in [0.2, 0.25) is 0 Å². The lowest BCUT2D eigenvalue weighted by Gasteiger charge is -2.42. The van der Waals surface area contributed by atoms with Gasteiger partial charge >= 0.3 is 0 Å². The van der Waals surface area contributed by atoms with Crippen LogP contribution in [-0.4, -0.2) is 24.2 Å². The molecule has 2 N–H and O–H groups in total. The van der Waals surface area contributed by atoms with Gasteiger partial charge in [0.2, 0.25) is 5.91 Å². The summed E-state index contributed by atoms with van der Waals surface area (Å²) >= 11 is 0. The van der Waals surface area contributed by atoms with Crippen LogP contribution in [0.3, 0.4) is 0 Å². The maximum Gasteiger partial charge on any atom is 0.243 e. The van der Waals surface area contributed by atoms with E-state index in [1.807, 2.05) is 0 Å². The molecule has 0 aromatic rings. The fourth-order valence-corrected chi connectivity index (χ4v) is 6.29. The third-order valence-corrected chi connectivity index (χ3v) is 7.90. The summed E-state index contributed by atoms with van der Waals surface area (Å²) in [6.07, 6.45) is 20.6. The first-order chi connectivity index (χ1) is 14.0. The van der Waals surface area contributed by atoms with Gasteiger partial charge in [-0.25, -0.2) is 5.48 Å². The summed E-state index contributed by atoms with van der Waals surface area (Å²) in [5.74, 6) is 1.56. The van der Waals surface area contributed by atoms with Gasteiger partial charge in [0.25, 0.3) is 0 Å². The zero-order valence-electron chi connectivity index (χ0n) is 18.5. The lowest BCUT2D eigenvalue weighted by molar-refractivity contribution is -0.131. The number of carbonyl (C=O) groups is 1. The molecule has 0 aromatic carbocycles. The quantitative estimate of drug-likeness (QED) is 0.408. The molecule has 3 aliphatic rings. The molecule has 3 rings (SSSR count). The number of nitrogens with one attached hydrogen (secondary N) is 1. The molecule has 4 atom stereocenters. The first-order valence-corrected chi connectivity index (χ1v) is 11.9. The third kappa shape index (κ3) is 5.95. The fourth-order valence-electron chi connectivity index (χ4n) is 6.29. The average molecular weight is 404 g/mol. The van der Waals surface area contributed by atoms with Crippen molar-refractivity contribution in [3.05, 3.63) is 23.3 Å². The Morgan fingerprint density at radius 3 is 2.83 bits per heavy atom. The molecular formula is C25H41NO3. The number of carbonyl (C=O) groups excluding carboxylic acids is 1. The van der Waals surface area contributed by atoms with Crippen LogP contribution in [0.25, 0.3) is 0 Å². The maximum absolute atomic E-state index is 11.5. The summed E-state index contributed by atoms with van der Waals surface area (Å²) in [5.41, 5.74) is 5.97. The lowest BCUT2D eigenvalue weighted by atomic mass is 9.62. The lowest BCUT2D eigenvalue weighted by Crippen LogP contribution is -2.33. The Morgan fingerprint density at radius 1 is 1.17 bits per heavy atom. The summed E-state index contributed by atoms with van der Waals surface area (Å²) in [4.78, 5) is 16.1. The van der Waals surface area contributed by atoms with E-state index in [9.17, 15) is 9.90 Å². The molecule has 0 bridgehead atoms. The highest BCUT2D eigenvalue weighted by Crippen LogP contribution is 2.58. The molecule has 3 saturated carbocycles. The van der Waals surface area contributed by atoms with Crippen LogP contribution in [0, 0.1) is 17.3 Å². The second kappa shape index (κ2) is 10.8. The Morgan fingerprint density at radius 2 is 2.03 bits per heavy atom. The predicted molar refractivity (Wildman–Crippen MR) is 117 cm³/mol. The van der Waals surface area contributed by atoms with Crippen LogP contribution >= 0.6 is 0 Å². The van der Waals surface area contributed by atoms with Crippen molar-refractivity contribution in [2.75, 3.05) is 7.11 Å². The molecule has 0 radical (unpaired) electrons. The summed E-state index contributed by atoms with van der Waals surface area (Å²) in [6.45, 7) is 2.55. The van der Waals surface area contributed by atoms with Gasteiger partial charge in [-0.05, 0) is 87.9 Å². The molecule has 0 saturated heterocycles. The van der Waals surface area contributed by atoms with Gasteiger partial charge in [0.05, 0.1) is 13.2 Å². The standard InChI is InChI=1S/C25H41NO3/c1-25-17-7-9-20(14-13-19-8-6-11-22(27)18-19)23(25)16-15-21(25)10-4-3-5-12-24(28)26-29-2/h13-14,21-23,27H,3-12,15-18H2,1-2H3,(H,26,28)/b19-13-,20-14+. The molecule has 3 fully saturated rings. The van der Waals surface area contributed by atoms with E-state index in [0.29, 0.717) is 11.8 Å². The van der Waals surface area contributed by atoms with Crippen LogP contribution in [0.1, 0.15) is 96.8 Å². The Labute approximate surface area is 177 Å². The number of hydrogen-bond donors (Lipinski definition) is 2. The van der Waals surface area contributed by atoms with Gasteiger partial charge in [0.15, 0.2) is 0 Å². The third-order valence-electron chi connectivity index (χ3n) is 7.90. The van der Waals surface area contributed by atoms with E-state index in [-0.39, 0.29) is 12.0 Å². The minimum Gasteiger partial charge on any atom is -0.393 e. The van der Waals surface area contributed by atoms with Crippen LogP contribution in [-0.2, 0) is 9.63 Å². The summed E-state index contributed by atoms with van der Waals surface area (Å²) in [5, 5.41) is 9.93. The zero-order chi connectivity index (χ0) is 20.7. The van der Waals surface area contributed by atoms with Gasteiger partial charge in [0, 0.05) is 6.42 Å². The first kappa shape index (κ1) is 22.6. The molecule has 0 aliphatic heterocycles. The number of amides is 1. The van der Waals surface area contributed by atoms with Gasteiger partial charge in [-0.2, -0.15) is 0 Å².